The third-order valence-electron chi connectivity index (χ3n) is 7.42. The van der Waals surface area contributed by atoms with Gasteiger partial charge >= 0.3 is 11.9 Å². The number of esters is 2. The van der Waals surface area contributed by atoms with Crippen LogP contribution in [0.15, 0.2) is 41.7 Å². The van der Waals surface area contributed by atoms with E-state index in [1.807, 2.05) is 6.08 Å². The Morgan fingerprint density at radius 1 is 1.32 bits per heavy atom. The first-order valence-electron chi connectivity index (χ1n) is 12.2. The number of aromatic nitrogens is 2. The van der Waals surface area contributed by atoms with E-state index >= 15 is 0 Å². The summed E-state index contributed by atoms with van der Waals surface area (Å²) >= 11 is 0. The van der Waals surface area contributed by atoms with Gasteiger partial charge in [-0.15, -0.1) is 6.58 Å². The molecule has 3 N–H and O–H groups in total. The molecular formula is C27H29N3O6Si. The van der Waals surface area contributed by atoms with Crippen LogP contribution in [0.1, 0.15) is 30.0 Å². The van der Waals surface area contributed by atoms with Crippen LogP contribution < -0.4 is 16.5 Å². The maximum atomic E-state index is 13.8. The highest BCUT2D eigenvalue weighted by atomic mass is 28.3. The van der Waals surface area contributed by atoms with Crippen molar-refractivity contribution in [2.75, 3.05) is 6.54 Å². The molecule has 0 saturated carbocycles. The standard InChI is InChI=1S/C27H29N3O6Si/c1-5-9-37(3,4)24-16-10-15(31)7-8-20(16)29-23-17(24)13-30-21(23)11-19-18(25(30)33)14-35-26(34)27(19,6-2)36-22(32)12-28/h5,7-8,10-11,31H,1,6,9,12-14,28H2,2-4H3/t27-/m0/s1. The van der Waals surface area contributed by atoms with E-state index in [9.17, 15) is 19.5 Å². The molecule has 192 valence electrons. The van der Waals surface area contributed by atoms with Crippen LogP contribution in [0.3, 0.4) is 0 Å². The lowest BCUT2D eigenvalue weighted by molar-refractivity contribution is -0.188. The van der Waals surface area contributed by atoms with Gasteiger partial charge in [-0.25, -0.2) is 9.78 Å². The number of ether oxygens (including phenoxy) is 2. The van der Waals surface area contributed by atoms with E-state index < -0.39 is 32.2 Å². The maximum Gasteiger partial charge on any atom is 0.355 e. The maximum absolute atomic E-state index is 13.8. The van der Waals surface area contributed by atoms with Crippen LogP contribution in [-0.2, 0) is 37.8 Å². The molecule has 2 aliphatic heterocycles. The van der Waals surface area contributed by atoms with E-state index in [4.69, 9.17) is 20.2 Å². The number of rotatable bonds is 6. The molecule has 5 rings (SSSR count). The van der Waals surface area contributed by atoms with Gasteiger partial charge in [0.25, 0.3) is 5.56 Å². The molecule has 2 aromatic heterocycles. The van der Waals surface area contributed by atoms with Gasteiger partial charge < -0.3 is 24.9 Å². The Morgan fingerprint density at radius 3 is 2.76 bits per heavy atom. The number of phenols is 1. The number of carbonyl (C=O) groups excluding carboxylic acids is 2. The van der Waals surface area contributed by atoms with Crippen molar-refractivity contribution in [3.05, 3.63) is 64.0 Å². The second-order valence-electron chi connectivity index (χ2n) is 10.1. The van der Waals surface area contributed by atoms with E-state index in [-0.39, 0.29) is 29.9 Å². The molecule has 9 nitrogen and oxygen atoms in total. The van der Waals surface area contributed by atoms with Crippen LogP contribution in [0.5, 0.6) is 5.75 Å². The van der Waals surface area contributed by atoms with Crippen molar-refractivity contribution in [3.8, 4) is 17.1 Å². The van der Waals surface area contributed by atoms with E-state index in [0.717, 1.165) is 22.2 Å². The summed E-state index contributed by atoms with van der Waals surface area (Å²) in [7, 11) is -2.13. The molecule has 0 amide bonds. The normalized spacial score (nSPS) is 18.1. The molecule has 1 aromatic carbocycles. The van der Waals surface area contributed by atoms with E-state index in [1.165, 1.54) is 0 Å². The Balaban J connectivity index is 1.83. The van der Waals surface area contributed by atoms with Crippen LogP contribution in [0, 0.1) is 0 Å². The minimum Gasteiger partial charge on any atom is -0.508 e. The number of fused-ring (bicyclic) bond motifs is 5. The highest BCUT2D eigenvalue weighted by molar-refractivity contribution is 6.92. The number of hydrogen-bond acceptors (Lipinski definition) is 8. The Bertz CT molecular complexity index is 1560. The van der Waals surface area contributed by atoms with Crippen molar-refractivity contribution in [2.45, 2.75) is 51.2 Å². The van der Waals surface area contributed by atoms with E-state index in [2.05, 4.69) is 19.7 Å². The lowest BCUT2D eigenvalue weighted by Crippen LogP contribution is -2.48. The van der Waals surface area contributed by atoms with Crippen molar-refractivity contribution < 1.29 is 24.2 Å². The highest BCUT2D eigenvalue weighted by Gasteiger charge is 2.50. The number of pyridine rings is 2. The summed E-state index contributed by atoms with van der Waals surface area (Å²) in [6, 6.07) is 7.62. The molecule has 0 bridgehead atoms. The molecule has 0 saturated heterocycles. The van der Waals surface area contributed by atoms with Crippen molar-refractivity contribution in [1.29, 1.82) is 0 Å². The molecule has 0 radical (unpaired) electrons. The summed E-state index contributed by atoms with van der Waals surface area (Å²) in [6.07, 6.45) is 1.99. The van der Waals surface area contributed by atoms with Crippen molar-refractivity contribution >= 4 is 36.1 Å². The number of aromatic hydroxyl groups is 1. The number of phenolic OH excluding ortho intramolecular Hbond substituents is 1. The zero-order valence-corrected chi connectivity index (χ0v) is 22.1. The van der Waals surface area contributed by atoms with Crippen molar-refractivity contribution in [3.63, 3.8) is 0 Å². The van der Waals surface area contributed by atoms with E-state index in [1.54, 1.807) is 35.8 Å². The first-order chi connectivity index (χ1) is 17.6. The smallest absolute Gasteiger partial charge is 0.355 e. The molecule has 1 atom stereocenters. The molecule has 2 aliphatic rings. The Hall–Kier alpha value is -3.76. The first kappa shape index (κ1) is 24.9. The summed E-state index contributed by atoms with van der Waals surface area (Å²) in [6.45, 7) is 9.78. The lowest BCUT2D eigenvalue weighted by Gasteiger charge is -2.35. The average molecular weight is 520 g/mol. The number of carbonyl (C=O) groups is 2. The summed E-state index contributed by atoms with van der Waals surface area (Å²) in [5.41, 5.74) is 6.80. The molecule has 10 heteroatoms. The number of cyclic esters (lactones) is 1. The third-order valence-corrected chi connectivity index (χ3v) is 10.7. The summed E-state index contributed by atoms with van der Waals surface area (Å²) < 4.78 is 12.6. The fourth-order valence-corrected chi connectivity index (χ4v) is 8.57. The second-order valence-corrected chi connectivity index (χ2v) is 14.8. The fraction of sp³-hybridized carbons (Fsp3) is 0.333. The molecule has 0 unspecified atom stereocenters. The lowest BCUT2D eigenvalue weighted by atomic mass is 9.85. The number of hydrogen-bond donors (Lipinski definition) is 2. The van der Waals surface area contributed by atoms with Gasteiger partial charge in [0, 0.05) is 10.9 Å². The predicted molar refractivity (Wildman–Crippen MR) is 141 cm³/mol. The Kier molecular flexibility index (Phi) is 5.84. The first-order valence-corrected chi connectivity index (χ1v) is 15.4. The fourth-order valence-electron chi connectivity index (χ4n) is 5.70. The number of nitrogens with two attached hydrogens (primary N) is 1. The average Bonchev–Trinajstić information content (AvgIpc) is 3.22. The molecule has 37 heavy (non-hydrogen) atoms. The second kappa shape index (κ2) is 8.67. The SMILES string of the molecule is C=CC[Si](C)(C)c1c2c(nc3ccc(O)cc13)-c1cc3c(c(=O)n1C2)COC(=O)[C@@]3(CC)OC(=O)CN. The Morgan fingerprint density at radius 2 is 2.08 bits per heavy atom. The molecule has 0 aliphatic carbocycles. The third kappa shape index (κ3) is 3.62. The zero-order valence-electron chi connectivity index (χ0n) is 21.1. The topological polar surface area (TPSA) is 134 Å². The largest absolute Gasteiger partial charge is 0.508 e. The minimum atomic E-state index is -2.13. The van der Waals surface area contributed by atoms with Gasteiger partial charge in [-0.3, -0.25) is 9.59 Å². The summed E-state index contributed by atoms with van der Waals surface area (Å²) in [5.74, 6) is -1.35. The van der Waals surface area contributed by atoms with Gasteiger partial charge in [-0.05, 0) is 47.5 Å². The van der Waals surface area contributed by atoms with Gasteiger partial charge in [0.1, 0.15) is 12.4 Å². The minimum absolute atomic E-state index is 0.0786. The van der Waals surface area contributed by atoms with Gasteiger partial charge in [0.15, 0.2) is 0 Å². The van der Waals surface area contributed by atoms with Crippen molar-refractivity contribution in [2.24, 2.45) is 5.73 Å². The van der Waals surface area contributed by atoms with Gasteiger partial charge in [-0.2, -0.15) is 0 Å². The van der Waals surface area contributed by atoms with E-state index in [0.29, 0.717) is 29.0 Å². The quantitative estimate of drug-likeness (QED) is 0.225. The predicted octanol–water partition coefficient (Wildman–Crippen LogP) is 2.40. The van der Waals surface area contributed by atoms with Crippen molar-refractivity contribution in [1.82, 2.24) is 9.55 Å². The molecular weight excluding hydrogens is 490 g/mol. The molecule has 3 aromatic rings. The monoisotopic (exact) mass is 519 g/mol. The molecule has 4 heterocycles. The summed E-state index contributed by atoms with van der Waals surface area (Å²) in [4.78, 5) is 43.9. The number of benzene rings is 1. The van der Waals surface area contributed by atoms with Crippen LogP contribution in [0.4, 0.5) is 0 Å². The Labute approximate surface area is 214 Å². The summed E-state index contributed by atoms with van der Waals surface area (Å²) in [5, 5.41) is 12.2. The van der Waals surface area contributed by atoms with Crippen LogP contribution in [0.2, 0.25) is 19.1 Å². The van der Waals surface area contributed by atoms with Crippen LogP contribution >= 0.6 is 0 Å². The van der Waals surface area contributed by atoms with Crippen LogP contribution in [0.25, 0.3) is 22.3 Å². The van der Waals surface area contributed by atoms with Gasteiger partial charge in [0.05, 0.1) is 43.6 Å². The highest BCUT2D eigenvalue weighted by Crippen LogP contribution is 2.41. The molecule has 0 fully saturated rings. The van der Waals surface area contributed by atoms with Gasteiger partial charge in [0.2, 0.25) is 5.60 Å². The number of allylic oxidation sites excluding steroid dienone is 1. The zero-order chi connectivity index (χ0) is 26.7. The number of nitrogens with zero attached hydrogens (tertiary/aromatic N) is 2. The molecule has 0 spiro atoms. The van der Waals surface area contributed by atoms with Crippen LogP contribution in [-0.4, -0.2) is 41.2 Å². The van der Waals surface area contributed by atoms with Gasteiger partial charge in [-0.1, -0.05) is 26.1 Å².